The Labute approximate surface area is 613 Å². The average molecular weight is 1490 g/mol. The number of imidazole rings is 2. The largest absolute Gasteiger partial charge is 0.361 e. The van der Waals surface area contributed by atoms with E-state index in [0.717, 1.165) is 32.6 Å². The minimum atomic E-state index is -1.45. The first kappa shape index (κ1) is 78.4. The van der Waals surface area contributed by atoms with Gasteiger partial charge in [0.25, 0.3) is 5.91 Å². The van der Waals surface area contributed by atoms with Crippen LogP contribution in [0.3, 0.4) is 0 Å². The maximum Gasteiger partial charge on any atom is 0.258 e. The lowest BCUT2D eigenvalue weighted by atomic mass is 10.0. The lowest BCUT2D eigenvalue weighted by Gasteiger charge is -2.32. The number of thioether (sulfide) groups is 1. The zero-order chi connectivity index (χ0) is 74.2. The van der Waals surface area contributed by atoms with E-state index in [9.17, 15) is 33.6 Å². The number of amides is 11. The second kappa shape index (κ2) is 38.7. The quantitative estimate of drug-likeness (QED) is 0.0366. The Kier molecular flexibility index (Phi) is 29.2. The summed E-state index contributed by atoms with van der Waals surface area (Å²) < 4.78 is 0. The molecule has 0 saturated carbocycles. The SMILES string of the molecule is CSSC1NC(=O)[C@H](Cc2c[nH]c3ccccc23)NC(=O)[C@H](C)NC(=O)[C@H](CCCCN)NC(=O)[C@H](C)NC(=O)[C@H](CCCCN)NC(=O)[C@H](C)NC(=O)[C@H](Cc2c[nH]c3ccccc23)NC(=O)[C@H](Cc2cnc[nH]2)NC(=O)[C@@H](Cc2ccccc2)NC(=O)[C@H](Cc2cnc[nH]2)N[C@@H]2CSCN2C1=O. The number of aromatic nitrogens is 6. The van der Waals surface area contributed by atoms with Gasteiger partial charge >= 0.3 is 0 Å². The summed E-state index contributed by atoms with van der Waals surface area (Å²) in [7, 11) is 2.25. The zero-order valence-corrected chi connectivity index (χ0v) is 60.7. The standard InChI is InChI=1S/C70H92N20O11S3/c1-39-59(91)83-52(23-13-15-25-72)63(95)80-41(3)61(93)85-55(28-44-32-76-50-21-11-9-19-48(44)50)68(100)89-69(104-102-4)70(101)90-38-103-35-58(90)82-56(29-45-33-73-36-77-45)66(98)86-53(26-42-16-6-5-7-17-42)65(97)88-57(30-46-34-74-37-78-46)67(99)87-54(27-43-31-75-49-20-10-8-18-47(43)49)64(96)81-40(2)60(92)84-51(62(94)79-39)22-12-14-24-71/h5-11,16-21,31-34,36-37,39-41,51-58,69,75-76,82H,12-15,22-30,35,38,71-72H2,1-4H3,(H,73,77)(H,74,78)(H,79,94)(H,80,95)(H,81,96)(H,83,91)(H,84,92)(H,85,93)(H,86,98)(H,87,99)(H,88,97)(H,89,100)/t39-,40-,41-,51-,52-,53+,54-,55-,56-,57-,58-,69?/m0/s1. The minimum absolute atomic E-state index is 0.0268. The van der Waals surface area contributed by atoms with Gasteiger partial charge in [-0.15, -0.1) is 11.8 Å². The number of unbranched alkanes of at least 4 members (excludes halogenated alkanes) is 2. The van der Waals surface area contributed by atoms with Gasteiger partial charge in [-0.05, 0) is 107 Å². The molecular formula is C70H92N20O11S3. The van der Waals surface area contributed by atoms with Gasteiger partial charge in [-0.2, -0.15) is 0 Å². The number of carbonyl (C=O) groups excluding carboxylic acids is 11. The molecule has 31 nitrogen and oxygen atoms in total. The molecule has 2 saturated heterocycles. The van der Waals surface area contributed by atoms with Crippen LogP contribution < -0.4 is 70.0 Å². The van der Waals surface area contributed by atoms with E-state index < -0.39 is 137 Å². The van der Waals surface area contributed by atoms with Crippen LogP contribution in [0.2, 0.25) is 0 Å². The summed E-state index contributed by atoms with van der Waals surface area (Å²) in [5, 5.41) is 31.4. The number of nitrogens with two attached hydrogens (primary N) is 2. The van der Waals surface area contributed by atoms with Crippen molar-refractivity contribution >= 4 is 120 Å². The van der Waals surface area contributed by atoms with E-state index in [4.69, 9.17) is 11.5 Å². The van der Waals surface area contributed by atoms with Crippen molar-refractivity contribution in [2.45, 2.75) is 163 Å². The monoisotopic (exact) mass is 1480 g/mol. The Morgan fingerprint density at radius 3 is 1.33 bits per heavy atom. The van der Waals surface area contributed by atoms with Crippen LogP contribution in [0, 0.1) is 0 Å². The van der Waals surface area contributed by atoms with E-state index in [0.29, 0.717) is 53.8 Å². The molecule has 104 heavy (non-hydrogen) atoms. The third kappa shape index (κ3) is 21.9. The number of aromatic amines is 4. The molecule has 9 rings (SSSR count). The molecule has 0 bridgehead atoms. The summed E-state index contributed by atoms with van der Waals surface area (Å²) in [6.07, 6.45) is 11.4. The predicted molar refractivity (Wildman–Crippen MR) is 397 cm³/mol. The number of carbonyl (C=O) groups is 11. The molecular weight excluding hydrogens is 1390 g/mol. The van der Waals surface area contributed by atoms with Gasteiger partial charge in [-0.3, -0.25) is 58.1 Å². The highest BCUT2D eigenvalue weighted by Gasteiger charge is 2.41. The van der Waals surface area contributed by atoms with Crippen LogP contribution in [-0.4, -0.2) is 203 Å². The highest BCUT2D eigenvalue weighted by atomic mass is 33.1. The van der Waals surface area contributed by atoms with Crippen molar-refractivity contribution in [3.8, 4) is 0 Å². The summed E-state index contributed by atoms with van der Waals surface area (Å²) in [5.74, 6) is -7.95. The van der Waals surface area contributed by atoms with Gasteiger partial charge in [0.1, 0.15) is 54.4 Å². The summed E-state index contributed by atoms with van der Waals surface area (Å²) in [4.78, 5) is 184. The van der Waals surface area contributed by atoms with E-state index in [1.165, 1.54) is 73.3 Å². The Balaban J connectivity index is 1.07. The molecule has 556 valence electrons. The molecule has 12 atom stereocenters. The first-order valence-electron chi connectivity index (χ1n) is 34.6. The Bertz CT molecular complexity index is 4070. The second-order valence-corrected chi connectivity index (χ2v) is 29.3. The van der Waals surface area contributed by atoms with Gasteiger partial charge < -0.3 is 89.5 Å². The van der Waals surface area contributed by atoms with Crippen LogP contribution in [0.1, 0.15) is 87.4 Å². The van der Waals surface area contributed by atoms with Crippen LogP contribution in [0.5, 0.6) is 0 Å². The van der Waals surface area contributed by atoms with Gasteiger partial charge in [0.2, 0.25) is 59.1 Å². The highest BCUT2D eigenvalue weighted by Crippen LogP contribution is 2.29. The van der Waals surface area contributed by atoms with Crippen molar-refractivity contribution in [1.82, 2.24) is 93.3 Å². The van der Waals surface area contributed by atoms with Crippen molar-refractivity contribution in [1.29, 1.82) is 0 Å². The molecule has 4 aromatic heterocycles. The molecule has 2 aliphatic heterocycles. The molecule has 11 amide bonds. The lowest BCUT2D eigenvalue weighted by molar-refractivity contribution is -0.137. The van der Waals surface area contributed by atoms with E-state index in [2.05, 4.69) is 88.4 Å². The van der Waals surface area contributed by atoms with E-state index >= 15 is 19.2 Å². The third-order valence-electron chi connectivity index (χ3n) is 18.0. The van der Waals surface area contributed by atoms with Crippen LogP contribution in [-0.2, 0) is 84.8 Å². The molecule has 0 spiro atoms. The van der Waals surface area contributed by atoms with Crippen molar-refractivity contribution in [3.05, 3.63) is 144 Å². The van der Waals surface area contributed by atoms with Crippen LogP contribution >= 0.6 is 33.3 Å². The fourth-order valence-electron chi connectivity index (χ4n) is 12.2. The maximum atomic E-state index is 15.2. The molecule has 1 unspecified atom stereocenters. The number of benzene rings is 3. The van der Waals surface area contributed by atoms with Gasteiger partial charge in [0.05, 0.1) is 30.7 Å². The Morgan fingerprint density at radius 2 is 0.856 bits per heavy atom. The van der Waals surface area contributed by atoms with Gasteiger partial charge in [-0.25, -0.2) is 9.97 Å². The van der Waals surface area contributed by atoms with Crippen molar-refractivity contribution < 1.29 is 52.7 Å². The number of nitrogens with one attached hydrogen (secondary N) is 15. The normalized spacial score (nSPS) is 24.7. The zero-order valence-electron chi connectivity index (χ0n) is 58.2. The minimum Gasteiger partial charge on any atom is -0.361 e. The van der Waals surface area contributed by atoms with Crippen molar-refractivity contribution in [2.75, 3.05) is 31.0 Å². The number of H-pyrrole nitrogens is 4. The summed E-state index contributed by atoms with van der Waals surface area (Å²) in [6.45, 7) is 4.71. The third-order valence-corrected chi connectivity index (χ3v) is 20.8. The Morgan fingerprint density at radius 1 is 0.452 bits per heavy atom. The number of nitrogens with zero attached hydrogens (tertiary/aromatic N) is 3. The number of rotatable bonds is 20. The lowest BCUT2D eigenvalue weighted by Crippen LogP contribution is -2.62. The first-order chi connectivity index (χ1) is 50.2. The van der Waals surface area contributed by atoms with E-state index in [-0.39, 0.29) is 69.7 Å². The number of fused-ring (bicyclic) bond motifs is 3. The number of hydrogen-bond donors (Lipinski definition) is 17. The van der Waals surface area contributed by atoms with Gasteiger partial charge in [-0.1, -0.05) is 88.3 Å². The Hall–Kier alpha value is -9.74. The molecule has 0 aliphatic carbocycles. The fourth-order valence-corrected chi connectivity index (χ4v) is 14.8. The number of hydrogen-bond acceptors (Lipinski definition) is 19. The highest BCUT2D eigenvalue weighted by molar-refractivity contribution is 8.76. The molecule has 34 heteroatoms. The van der Waals surface area contributed by atoms with Crippen LogP contribution in [0.15, 0.2) is 116 Å². The first-order valence-corrected chi connectivity index (χ1v) is 38.3. The topological polar surface area (TPSA) is 464 Å². The molecule has 19 N–H and O–H groups in total. The molecule has 7 aromatic rings. The molecule has 2 fully saturated rings. The van der Waals surface area contributed by atoms with Gasteiger partial charge in [0, 0.05) is 95.8 Å². The van der Waals surface area contributed by atoms with Crippen molar-refractivity contribution in [3.63, 3.8) is 0 Å². The summed E-state index contributed by atoms with van der Waals surface area (Å²) >= 11 is 1.39. The predicted octanol–water partition coefficient (Wildman–Crippen LogP) is 0.574. The van der Waals surface area contributed by atoms with Gasteiger partial charge in [0.15, 0.2) is 5.37 Å². The fraction of sp³-hybridized carbons (Fsp3) is 0.443. The van der Waals surface area contributed by atoms with Crippen LogP contribution in [0.25, 0.3) is 21.8 Å². The van der Waals surface area contributed by atoms with E-state index in [1.807, 2.05) is 48.5 Å². The maximum absolute atomic E-state index is 15.2. The second-order valence-electron chi connectivity index (χ2n) is 25.7. The number of para-hydroxylation sites is 2. The summed E-state index contributed by atoms with van der Waals surface area (Å²) in [5.41, 5.74) is 16.0. The molecule has 0 radical (unpaired) electrons. The van der Waals surface area contributed by atoms with Crippen molar-refractivity contribution in [2.24, 2.45) is 11.5 Å². The smallest absolute Gasteiger partial charge is 0.258 e. The molecule has 3 aromatic carbocycles. The molecule has 6 heterocycles. The summed E-state index contributed by atoms with van der Waals surface area (Å²) in [6, 6.07) is 10.2. The van der Waals surface area contributed by atoms with Crippen LogP contribution in [0.4, 0.5) is 0 Å². The molecule has 2 aliphatic rings. The van der Waals surface area contributed by atoms with E-state index in [1.54, 1.807) is 49.0 Å². The average Bonchev–Trinajstić information content (AvgIpc) is 1.62.